The Bertz CT molecular complexity index is 938. The lowest BCUT2D eigenvalue weighted by Gasteiger charge is -2.22. The molecular formula is C24H32FN3O4. The van der Waals surface area contributed by atoms with Gasteiger partial charge in [0.15, 0.2) is 11.5 Å². The van der Waals surface area contributed by atoms with Gasteiger partial charge in [0.25, 0.3) is 5.91 Å². The van der Waals surface area contributed by atoms with Crippen LogP contribution < -0.4 is 25.4 Å². The maximum atomic E-state index is 13.4. The van der Waals surface area contributed by atoms with E-state index in [4.69, 9.17) is 20.3 Å². The maximum absolute atomic E-state index is 13.4. The number of nitrogens with zero attached hydrogens (tertiary/aromatic N) is 1. The third-order valence-corrected chi connectivity index (χ3v) is 5.59. The quantitative estimate of drug-likeness (QED) is 0.434. The van der Waals surface area contributed by atoms with Crippen molar-refractivity contribution in [3.8, 4) is 11.5 Å². The molecule has 1 amide bonds. The van der Waals surface area contributed by atoms with Gasteiger partial charge in [0.2, 0.25) is 0 Å². The number of aliphatic hydroxyl groups is 1. The van der Waals surface area contributed by atoms with E-state index < -0.39 is 5.91 Å². The van der Waals surface area contributed by atoms with Crippen LogP contribution in [0.1, 0.15) is 34.8 Å². The average molecular weight is 446 g/mol. The number of rotatable bonds is 12. The van der Waals surface area contributed by atoms with Gasteiger partial charge in [0, 0.05) is 38.3 Å². The number of halogens is 1. The Morgan fingerprint density at radius 1 is 1.31 bits per heavy atom. The summed E-state index contributed by atoms with van der Waals surface area (Å²) in [4.78, 5) is 14.3. The molecule has 0 radical (unpaired) electrons. The number of carbonyl (C=O) groups is 1. The Balaban J connectivity index is 1.57. The third kappa shape index (κ3) is 5.89. The van der Waals surface area contributed by atoms with E-state index in [0.29, 0.717) is 43.2 Å². The number of methoxy groups -OCH3 is 1. The number of aliphatic hydroxyl groups excluding tert-OH is 1. The van der Waals surface area contributed by atoms with Gasteiger partial charge in [0.1, 0.15) is 12.4 Å². The van der Waals surface area contributed by atoms with Crippen LogP contribution in [0.15, 0.2) is 30.3 Å². The number of fused-ring (bicyclic) bond motifs is 1. The Morgan fingerprint density at radius 3 is 2.84 bits per heavy atom. The maximum Gasteiger partial charge on any atom is 0.250 e. The Hall–Kier alpha value is -2.84. The highest BCUT2D eigenvalue weighted by atomic mass is 19.1. The van der Waals surface area contributed by atoms with Crippen molar-refractivity contribution in [3.05, 3.63) is 52.8 Å². The first kappa shape index (κ1) is 23.8. The lowest BCUT2D eigenvalue weighted by Crippen LogP contribution is -2.32. The number of primary amides is 1. The van der Waals surface area contributed by atoms with Crippen molar-refractivity contribution in [2.24, 2.45) is 5.73 Å². The SMILES string of the molecule is COc1ccc(F)cc1OCCNC(C)Cc1cc2c(c(C(N)=O)c1)N(CCCO)CC2. The highest BCUT2D eigenvalue weighted by Crippen LogP contribution is 2.33. The summed E-state index contributed by atoms with van der Waals surface area (Å²) >= 11 is 0. The van der Waals surface area contributed by atoms with Gasteiger partial charge in [-0.25, -0.2) is 4.39 Å². The van der Waals surface area contributed by atoms with Crippen LogP contribution in [0, 0.1) is 5.82 Å². The smallest absolute Gasteiger partial charge is 0.250 e. The number of nitrogens with two attached hydrogens (primary N) is 1. The second-order valence-corrected chi connectivity index (χ2v) is 8.03. The number of anilines is 1. The summed E-state index contributed by atoms with van der Waals surface area (Å²) in [6, 6.07) is 8.34. The minimum Gasteiger partial charge on any atom is -0.493 e. The van der Waals surface area contributed by atoms with Gasteiger partial charge in [0.05, 0.1) is 18.4 Å². The van der Waals surface area contributed by atoms with Gasteiger partial charge in [-0.1, -0.05) is 6.07 Å². The molecule has 0 fully saturated rings. The van der Waals surface area contributed by atoms with Crippen LogP contribution in [0.5, 0.6) is 11.5 Å². The molecule has 0 spiro atoms. The minimum atomic E-state index is -0.433. The molecule has 7 nitrogen and oxygen atoms in total. The highest BCUT2D eigenvalue weighted by Gasteiger charge is 2.25. The zero-order valence-corrected chi connectivity index (χ0v) is 18.7. The van der Waals surface area contributed by atoms with Crippen LogP contribution >= 0.6 is 0 Å². The molecule has 0 aromatic heterocycles. The Kier molecular flexibility index (Phi) is 8.30. The fraction of sp³-hybridized carbons (Fsp3) is 0.458. The summed E-state index contributed by atoms with van der Waals surface area (Å²) in [6.45, 7) is 4.65. The fourth-order valence-corrected chi connectivity index (χ4v) is 4.14. The number of amides is 1. The molecule has 2 aromatic rings. The number of benzene rings is 2. The van der Waals surface area contributed by atoms with Gasteiger partial charge in [-0.3, -0.25) is 4.79 Å². The van der Waals surface area contributed by atoms with Crippen molar-refractivity contribution < 1.29 is 23.8 Å². The van der Waals surface area contributed by atoms with E-state index in [-0.39, 0.29) is 18.5 Å². The van der Waals surface area contributed by atoms with Gasteiger partial charge >= 0.3 is 0 Å². The van der Waals surface area contributed by atoms with Crippen molar-refractivity contribution >= 4 is 11.6 Å². The van der Waals surface area contributed by atoms with Crippen molar-refractivity contribution in [2.75, 3.05) is 44.9 Å². The van der Waals surface area contributed by atoms with Crippen LogP contribution in [0.2, 0.25) is 0 Å². The molecule has 174 valence electrons. The van der Waals surface area contributed by atoms with E-state index >= 15 is 0 Å². The molecule has 1 unspecified atom stereocenters. The predicted octanol–water partition coefficient (Wildman–Crippen LogP) is 2.28. The van der Waals surface area contributed by atoms with Crippen LogP contribution in [0.4, 0.5) is 10.1 Å². The first-order valence-electron chi connectivity index (χ1n) is 10.9. The van der Waals surface area contributed by atoms with E-state index in [1.807, 2.05) is 6.07 Å². The topological polar surface area (TPSA) is 97.1 Å². The molecule has 1 atom stereocenters. The van der Waals surface area contributed by atoms with Crippen LogP contribution in [0.25, 0.3) is 0 Å². The molecule has 1 aliphatic heterocycles. The van der Waals surface area contributed by atoms with Crippen LogP contribution in [0.3, 0.4) is 0 Å². The van der Waals surface area contributed by atoms with Crippen LogP contribution in [-0.2, 0) is 12.8 Å². The largest absolute Gasteiger partial charge is 0.493 e. The molecule has 2 aromatic carbocycles. The first-order valence-corrected chi connectivity index (χ1v) is 10.9. The van der Waals surface area contributed by atoms with Crippen LogP contribution in [-0.4, -0.2) is 57.0 Å². The third-order valence-electron chi connectivity index (χ3n) is 5.59. The summed E-state index contributed by atoms with van der Waals surface area (Å²) in [6.07, 6.45) is 2.25. The number of hydrogen-bond donors (Lipinski definition) is 3. The number of hydrogen-bond acceptors (Lipinski definition) is 6. The fourth-order valence-electron chi connectivity index (χ4n) is 4.14. The van der Waals surface area contributed by atoms with Crippen molar-refractivity contribution in [1.82, 2.24) is 5.32 Å². The second kappa shape index (κ2) is 11.2. The molecular weight excluding hydrogens is 413 g/mol. The first-order chi connectivity index (χ1) is 15.4. The van der Waals surface area contributed by atoms with E-state index in [0.717, 1.165) is 36.2 Å². The summed E-state index contributed by atoms with van der Waals surface area (Å²) < 4.78 is 24.3. The normalized spacial score (nSPS) is 13.7. The molecule has 4 N–H and O–H groups in total. The average Bonchev–Trinajstić information content (AvgIpc) is 3.17. The van der Waals surface area contributed by atoms with E-state index in [2.05, 4.69) is 23.2 Å². The van der Waals surface area contributed by atoms with E-state index in [1.165, 1.54) is 25.3 Å². The predicted molar refractivity (Wildman–Crippen MR) is 122 cm³/mol. The lowest BCUT2D eigenvalue weighted by molar-refractivity contribution is 0.100. The van der Waals surface area contributed by atoms with Crippen molar-refractivity contribution in [1.29, 1.82) is 0 Å². The number of nitrogens with one attached hydrogen (secondary N) is 1. The second-order valence-electron chi connectivity index (χ2n) is 8.03. The highest BCUT2D eigenvalue weighted by molar-refractivity contribution is 6.00. The number of carbonyl (C=O) groups excluding carboxylic acids is 1. The monoisotopic (exact) mass is 445 g/mol. The van der Waals surface area contributed by atoms with Gasteiger partial charge in [-0.05, 0) is 55.5 Å². The molecule has 8 heteroatoms. The minimum absolute atomic E-state index is 0.120. The zero-order valence-electron chi connectivity index (χ0n) is 18.7. The van der Waals surface area contributed by atoms with Gasteiger partial charge < -0.3 is 30.5 Å². The number of ether oxygens (including phenoxy) is 2. The lowest BCUT2D eigenvalue weighted by atomic mass is 9.98. The summed E-state index contributed by atoms with van der Waals surface area (Å²) in [5.41, 5.74) is 9.31. The van der Waals surface area contributed by atoms with E-state index in [1.54, 1.807) is 0 Å². The molecule has 0 aliphatic carbocycles. The zero-order chi connectivity index (χ0) is 23.1. The van der Waals surface area contributed by atoms with E-state index in [9.17, 15) is 9.18 Å². The molecule has 1 aliphatic rings. The molecule has 0 bridgehead atoms. The molecule has 32 heavy (non-hydrogen) atoms. The molecule has 1 heterocycles. The molecule has 3 rings (SSSR count). The standard InChI is InChI=1S/C24H32FN3O4/c1-16(27-7-11-32-22-15-19(25)4-5-21(22)31-2)12-17-13-18-6-9-28(8-3-10-29)23(18)20(14-17)24(26)30/h4-5,13-16,27,29H,3,6-12H2,1-2H3,(H2,26,30). The Labute approximate surface area is 188 Å². The summed E-state index contributed by atoms with van der Waals surface area (Å²) in [5.74, 6) is 0.0537. The molecule has 0 saturated heterocycles. The van der Waals surface area contributed by atoms with Crippen molar-refractivity contribution in [2.45, 2.75) is 32.2 Å². The molecule has 0 saturated carbocycles. The van der Waals surface area contributed by atoms with Gasteiger partial charge in [-0.2, -0.15) is 0 Å². The summed E-state index contributed by atoms with van der Waals surface area (Å²) in [5, 5.41) is 12.5. The van der Waals surface area contributed by atoms with Crippen molar-refractivity contribution in [3.63, 3.8) is 0 Å². The Morgan fingerprint density at radius 2 is 2.12 bits per heavy atom. The van der Waals surface area contributed by atoms with Gasteiger partial charge in [-0.15, -0.1) is 0 Å². The summed E-state index contributed by atoms with van der Waals surface area (Å²) in [7, 11) is 1.52.